The van der Waals surface area contributed by atoms with Gasteiger partial charge in [0.05, 0.1) is 17.1 Å². The van der Waals surface area contributed by atoms with Crippen LogP contribution < -0.4 is 0 Å². The lowest BCUT2D eigenvalue weighted by atomic mass is 10.2. The fourth-order valence-corrected chi connectivity index (χ4v) is 1.61. The van der Waals surface area contributed by atoms with E-state index in [4.69, 9.17) is 21.1 Å². The van der Waals surface area contributed by atoms with Gasteiger partial charge in [-0.3, -0.25) is 4.79 Å². The molecule has 0 spiro atoms. The monoisotopic (exact) mass is 257 g/mol. The number of likely N-dealkylation sites (N-methyl/N-ethyl adjacent to an activating group) is 1. The quantitative estimate of drug-likeness (QED) is 0.758. The fourth-order valence-electron chi connectivity index (χ4n) is 1.39. The van der Waals surface area contributed by atoms with Gasteiger partial charge >= 0.3 is 0 Å². The summed E-state index contributed by atoms with van der Waals surface area (Å²) in [7, 11) is 4.74. The molecule has 1 aromatic rings. The summed E-state index contributed by atoms with van der Waals surface area (Å²) in [4.78, 5) is 13.6. The molecule has 0 aliphatic rings. The number of nitrogens with zero attached hydrogens (tertiary/aromatic N) is 1. The van der Waals surface area contributed by atoms with Gasteiger partial charge in [0.25, 0.3) is 5.91 Å². The number of amides is 1. The molecular weight excluding hydrogens is 242 g/mol. The number of hydrogen-bond donors (Lipinski definition) is 0. The standard InChI is InChI=1S/C12H16ClNO3/c1-14(8-11(16-2)17-3)12(15)9-6-4-5-7-10(9)13/h4-7,11H,8H2,1-3H3. The third-order valence-corrected chi connectivity index (χ3v) is 2.73. The van der Waals surface area contributed by atoms with Crippen LogP contribution in [0, 0.1) is 0 Å². The molecule has 0 atom stereocenters. The summed E-state index contributed by atoms with van der Waals surface area (Å²) in [6, 6.07) is 6.94. The third kappa shape index (κ3) is 3.70. The van der Waals surface area contributed by atoms with Crippen LogP contribution in [-0.4, -0.2) is 44.9 Å². The number of ether oxygens (including phenoxy) is 2. The Morgan fingerprint density at radius 3 is 2.47 bits per heavy atom. The van der Waals surface area contributed by atoms with E-state index in [1.807, 2.05) is 0 Å². The molecule has 0 saturated carbocycles. The Morgan fingerprint density at radius 2 is 1.94 bits per heavy atom. The molecule has 0 N–H and O–H groups in total. The highest BCUT2D eigenvalue weighted by Crippen LogP contribution is 2.16. The van der Waals surface area contributed by atoms with Gasteiger partial charge in [0.1, 0.15) is 0 Å². The Hall–Kier alpha value is -1.10. The molecule has 0 aliphatic heterocycles. The van der Waals surface area contributed by atoms with Crippen molar-refractivity contribution in [3.63, 3.8) is 0 Å². The normalized spacial score (nSPS) is 10.6. The highest BCUT2D eigenvalue weighted by atomic mass is 35.5. The first kappa shape index (κ1) is 14.0. The minimum Gasteiger partial charge on any atom is -0.354 e. The topological polar surface area (TPSA) is 38.8 Å². The lowest BCUT2D eigenvalue weighted by Crippen LogP contribution is -2.36. The molecule has 94 valence electrons. The molecule has 0 bridgehead atoms. The van der Waals surface area contributed by atoms with Crippen molar-refractivity contribution < 1.29 is 14.3 Å². The minimum absolute atomic E-state index is 0.158. The average Bonchev–Trinajstić information content (AvgIpc) is 2.35. The van der Waals surface area contributed by atoms with Crippen molar-refractivity contribution in [2.75, 3.05) is 27.8 Å². The van der Waals surface area contributed by atoms with E-state index in [1.54, 1.807) is 31.3 Å². The van der Waals surface area contributed by atoms with Gasteiger partial charge in [-0.2, -0.15) is 0 Å². The van der Waals surface area contributed by atoms with E-state index in [1.165, 1.54) is 19.1 Å². The molecule has 0 unspecified atom stereocenters. The zero-order chi connectivity index (χ0) is 12.8. The van der Waals surface area contributed by atoms with E-state index in [2.05, 4.69) is 0 Å². The molecule has 0 saturated heterocycles. The third-order valence-electron chi connectivity index (χ3n) is 2.40. The van der Waals surface area contributed by atoms with Crippen molar-refractivity contribution in [2.45, 2.75) is 6.29 Å². The number of rotatable bonds is 5. The second-order valence-electron chi connectivity index (χ2n) is 3.57. The smallest absolute Gasteiger partial charge is 0.255 e. The van der Waals surface area contributed by atoms with Crippen LogP contribution in [0.3, 0.4) is 0 Å². The highest BCUT2D eigenvalue weighted by molar-refractivity contribution is 6.33. The zero-order valence-corrected chi connectivity index (χ0v) is 10.9. The average molecular weight is 258 g/mol. The van der Waals surface area contributed by atoms with Crippen molar-refractivity contribution in [1.82, 2.24) is 4.90 Å². The molecular formula is C12H16ClNO3. The number of methoxy groups -OCH3 is 2. The minimum atomic E-state index is -0.438. The van der Waals surface area contributed by atoms with Crippen LogP contribution in [0.2, 0.25) is 5.02 Å². The molecule has 0 heterocycles. The summed E-state index contributed by atoms with van der Waals surface area (Å²) in [5.41, 5.74) is 0.475. The molecule has 1 amide bonds. The first-order chi connectivity index (χ1) is 8.10. The van der Waals surface area contributed by atoms with Crippen LogP contribution in [0.1, 0.15) is 10.4 Å². The predicted octanol–water partition coefficient (Wildman–Crippen LogP) is 2.03. The number of hydrogen-bond acceptors (Lipinski definition) is 3. The Balaban J connectivity index is 2.73. The molecule has 1 aromatic carbocycles. The van der Waals surface area contributed by atoms with Gasteiger partial charge < -0.3 is 14.4 Å². The molecule has 4 nitrogen and oxygen atoms in total. The van der Waals surface area contributed by atoms with E-state index in [0.29, 0.717) is 17.1 Å². The number of benzene rings is 1. The van der Waals surface area contributed by atoms with Crippen LogP contribution in [0.25, 0.3) is 0 Å². The molecule has 0 aromatic heterocycles. The maximum Gasteiger partial charge on any atom is 0.255 e. The Morgan fingerprint density at radius 1 is 1.35 bits per heavy atom. The van der Waals surface area contributed by atoms with Gasteiger partial charge in [-0.15, -0.1) is 0 Å². The van der Waals surface area contributed by atoms with Gasteiger partial charge in [0.2, 0.25) is 0 Å². The second-order valence-corrected chi connectivity index (χ2v) is 3.97. The van der Waals surface area contributed by atoms with Gasteiger partial charge in [-0.1, -0.05) is 23.7 Å². The lowest BCUT2D eigenvalue weighted by Gasteiger charge is -2.22. The van der Waals surface area contributed by atoms with E-state index in [-0.39, 0.29) is 5.91 Å². The largest absolute Gasteiger partial charge is 0.354 e. The Bertz CT molecular complexity index is 380. The predicted molar refractivity (Wildman–Crippen MR) is 66.2 cm³/mol. The van der Waals surface area contributed by atoms with Crippen LogP contribution in [0.15, 0.2) is 24.3 Å². The van der Waals surface area contributed by atoms with Crippen molar-refractivity contribution in [1.29, 1.82) is 0 Å². The number of halogens is 1. The maximum absolute atomic E-state index is 12.1. The van der Waals surface area contributed by atoms with E-state index >= 15 is 0 Å². The maximum atomic E-state index is 12.1. The van der Waals surface area contributed by atoms with Crippen molar-refractivity contribution in [3.8, 4) is 0 Å². The number of carbonyl (C=O) groups excluding carboxylic acids is 1. The van der Waals surface area contributed by atoms with Gasteiger partial charge in [0, 0.05) is 21.3 Å². The summed E-state index contributed by atoms with van der Waals surface area (Å²) in [5, 5.41) is 0.440. The highest BCUT2D eigenvalue weighted by Gasteiger charge is 2.18. The molecule has 0 radical (unpaired) electrons. The van der Waals surface area contributed by atoms with Gasteiger partial charge in [-0.05, 0) is 12.1 Å². The van der Waals surface area contributed by atoms with Crippen molar-refractivity contribution >= 4 is 17.5 Å². The molecule has 1 rings (SSSR count). The van der Waals surface area contributed by atoms with Crippen LogP contribution in [0.4, 0.5) is 0 Å². The summed E-state index contributed by atoms with van der Waals surface area (Å²) in [5.74, 6) is -0.158. The Labute approximate surface area is 106 Å². The second kappa shape index (κ2) is 6.59. The van der Waals surface area contributed by atoms with Gasteiger partial charge in [0.15, 0.2) is 6.29 Å². The fraction of sp³-hybridized carbons (Fsp3) is 0.417. The van der Waals surface area contributed by atoms with Crippen LogP contribution in [-0.2, 0) is 9.47 Å². The van der Waals surface area contributed by atoms with Crippen molar-refractivity contribution in [3.05, 3.63) is 34.9 Å². The van der Waals surface area contributed by atoms with E-state index in [9.17, 15) is 4.79 Å². The summed E-state index contributed by atoms with van der Waals surface area (Å²) in [6.45, 7) is 0.344. The first-order valence-electron chi connectivity index (χ1n) is 5.15. The van der Waals surface area contributed by atoms with E-state index in [0.717, 1.165) is 0 Å². The summed E-state index contributed by atoms with van der Waals surface area (Å²) < 4.78 is 10.1. The van der Waals surface area contributed by atoms with E-state index < -0.39 is 6.29 Å². The lowest BCUT2D eigenvalue weighted by molar-refractivity contribution is -0.110. The Kier molecular flexibility index (Phi) is 5.41. The van der Waals surface area contributed by atoms with Gasteiger partial charge in [-0.25, -0.2) is 0 Å². The summed E-state index contributed by atoms with van der Waals surface area (Å²) in [6.07, 6.45) is -0.438. The molecule has 0 aliphatic carbocycles. The molecule has 5 heteroatoms. The zero-order valence-electron chi connectivity index (χ0n) is 10.1. The summed E-state index contributed by atoms with van der Waals surface area (Å²) >= 11 is 5.96. The first-order valence-corrected chi connectivity index (χ1v) is 5.53. The van der Waals surface area contributed by atoms with Crippen molar-refractivity contribution in [2.24, 2.45) is 0 Å². The molecule has 17 heavy (non-hydrogen) atoms. The molecule has 0 fully saturated rings. The number of carbonyl (C=O) groups is 1. The van der Waals surface area contributed by atoms with Crippen LogP contribution in [0.5, 0.6) is 0 Å². The van der Waals surface area contributed by atoms with Crippen LogP contribution >= 0.6 is 11.6 Å². The SMILES string of the molecule is COC(CN(C)C(=O)c1ccccc1Cl)OC.